The van der Waals surface area contributed by atoms with Gasteiger partial charge in [-0.1, -0.05) is 24.4 Å². The Morgan fingerprint density at radius 3 is 3.00 bits per heavy atom. The van der Waals surface area contributed by atoms with E-state index in [-0.39, 0.29) is 6.61 Å². The first kappa shape index (κ1) is 16.5. The minimum atomic E-state index is -0.507. The maximum Gasteiger partial charge on any atom is 0.129 e. The van der Waals surface area contributed by atoms with Crippen molar-refractivity contribution in [3.05, 3.63) is 29.8 Å². The second-order valence-corrected chi connectivity index (χ2v) is 6.76. The van der Waals surface area contributed by atoms with E-state index in [1.165, 1.54) is 12.2 Å². The third-order valence-corrected chi connectivity index (χ3v) is 4.64. The average molecular weight is 326 g/mol. The summed E-state index contributed by atoms with van der Waals surface area (Å²) in [6.07, 6.45) is 0.676. The number of hydrogen-bond acceptors (Lipinski definition) is 5. The number of aliphatic hydroxyl groups excluding tert-OH is 1. The van der Waals surface area contributed by atoms with Crippen LogP contribution in [-0.4, -0.2) is 58.8 Å². The number of benzene rings is 1. The molecule has 1 aliphatic rings. The molecule has 1 heterocycles. The summed E-state index contributed by atoms with van der Waals surface area (Å²) in [7, 11) is 0. The van der Waals surface area contributed by atoms with Crippen LogP contribution in [0.4, 0.5) is 0 Å². The molecule has 0 radical (unpaired) electrons. The van der Waals surface area contributed by atoms with Crippen molar-refractivity contribution >= 4 is 29.0 Å². The monoisotopic (exact) mass is 326 g/mol. The van der Waals surface area contributed by atoms with Gasteiger partial charge in [-0.25, -0.2) is 0 Å². The Labute approximate surface area is 135 Å². The number of nitrogens with zero attached hydrogens (tertiary/aromatic N) is 1. The van der Waals surface area contributed by atoms with Gasteiger partial charge in [0.05, 0.1) is 5.56 Å². The van der Waals surface area contributed by atoms with Gasteiger partial charge in [-0.15, -0.1) is 0 Å². The highest BCUT2D eigenvalue weighted by molar-refractivity contribution is 7.99. The number of hydrogen-bond donors (Lipinski definition) is 2. The molecule has 0 aliphatic carbocycles. The number of aliphatic hydroxyl groups is 1. The smallest absolute Gasteiger partial charge is 0.129 e. The van der Waals surface area contributed by atoms with E-state index in [0.717, 1.165) is 18.8 Å². The third-order valence-electron chi connectivity index (χ3n) is 3.37. The highest BCUT2D eigenvalue weighted by Gasteiger charge is 2.15. The van der Waals surface area contributed by atoms with Gasteiger partial charge in [0, 0.05) is 18.8 Å². The lowest BCUT2D eigenvalue weighted by Crippen LogP contribution is -2.37. The van der Waals surface area contributed by atoms with Crippen LogP contribution in [0.25, 0.3) is 0 Å². The Kier molecular flexibility index (Phi) is 6.76. The zero-order valence-electron chi connectivity index (χ0n) is 12.0. The molecule has 0 bridgehead atoms. The van der Waals surface area contributed by atoms with Gasteiger partial charge in [0.25, 0.3) is 0 Å². The van der Waals surface area contributed by atoms with E-state index < -0.39 is 6.10 Å². The summed E-state index contributed by atoms with van der Waals surface area (Å²) in [4.78, 5) is 2.61. The lowest BCUT2D eigenvalue weighted by molar-refractivity contribution is 0.0707. The van der Waals surface area contributed by atoms with E-state index in [1.807, 2.05) is 36.0 Å². The van der Waals surface area contributed by atoms with E-state index in [1.54, 1.807) is 0 Å². The fourth-order valence-electron chi connectivity index (χ4n) is 2.31. The quantitative estimate of drug-likeness (QED) is 0.773. The molecule has 1 aromatic rings. The van der Waals surface area contributed by atoms with E-state index in [9.17, 15) is 5.11 Å². The lowest BCUT2D eigenvalue weighted by Gasteiger charge is -2.23. The van der Waals surface area contributed by atoms with Gasteiger partial charge >= 0.3 is 0 Å². The molecule has 1 aliphatic heterocycles. The summed E-state index contributed by atoms with van der Waals surface area (Å²) in [6, 6.07) is 7.39. The first-order valence-electron chi connectivity index (χ1n) is 7.16. The molecule has 2 rings (SSSR count). The molecule has 0 amide bonds. The number of thiocarbonyl (C=S) groups is 1. The number of para-hydroxylation sites is 1. The largest absolute Gasteiger partial charge is 0.490 e. The van der Waals surface area contributed by atoms with Crippen LogP contribution in [0.2, 0.25) is 0 Å². The Hall–Kier alpha value is -0.820. The molecule has 1 aromatic carbocycles. The van der Waals surface area contributed by atoms with E-state index >= 15 is 0 Å². The molecule has 3 N–H and O–H groups in total. The summed E-state index contributed by atoms with van der Waals surface area (Å²) in [5, 5.41) is 10.1. The van der Waals surface area contributed by atoms with E-state index in [0.29, 0.717) is 22.8 Å². The van der Waals surface area contributed by atoms with Crippen molar-refractivity contribution in [1.82, 2.24) is 4.90 Å². The minimum Gasteiger partial charge on any atom is -0.490 e. The fourth-order valence-corrected chi connectivity index (χ4v) is 3.41. The second-order valence-electron chi connectivity index (χ2n) is 5.09. The van der Waals surface area contributed by atoms with Gasteiger partial charge in [-0.05, 0) is 30.9 Å². The highest BCUT2D eigenvalue weighted by atomic mass is 32.2. The van der Waals surface area contributed by atoms with Crippen LogP contribution in [0.5, 0.6) is 5.75 Å². The van der Waals surface area contributed by atoms with Crippen molar-refractivity contribution in [3.8, 4) is 5.75 Å². The van der Waals surface area contributed by atoms with Crippen molar-refractivity contribution in [3.63, 3.8) is 0 Å². The van der Waals surface area contributed by atoms with Crippen LogP contribution >= 0.6 is 24.0 Å². The van der Waals surface area contributed by atoms with Gasteiger partial charge in [-0.2, -0.15) is 11.8 Å². The zero-order valence-corrected chi connectivity index (χ0v) is 13.7. The molecule has 1 unspecified atom stereocenters. The molecule has 4 nitrogen and oxygen atoms in total. The van der Waals surface area contributed by atoms with Gasteiger partial charge in [0.1, 0.15) is 23.4 Å². The number of rotatable bonds is 6. The van der Waals surface area contributed by atoms with Crippen molar-refractivity contribution < 1.29 is 9.84 Å². The number of thioether (sulfide) groups is 1. The Bertz CT molecular complexity index is 463. The SMILES string of the molecule is NC(=S)c1ccccc1OCC(O)CN1CCCSCC1. The lowest BCUT2D eigenvalue weighted by atomic mass is 10.2. The van der Waals surface area contributed by atoms with Gasteiger partial charge < -0.3 is 15.6 Å². The summed E-state index contributed by atoms with van der Waals surface area (Å²) in [5.41, 5.74) is 6.38. The second kappa shape index (κ2) is 8.58. The van der Waals surface area contributed by atoms with Crippen molar-refractivity contribution in [1.29, 1.82) is 0 Å². The van der Waals surface area contributed by atoms with E-state index in [4.69, 9.17) is 22.7 Å². The topological polar surface area (TPSA) is 58.7 Å². The predicted molar refractivity (Wildman–Crippen MR) is 92.2 cm³/mol. The number of ether oxygens (including phenoxy) is 1. The zero-order chi connectivity index (χ0) is 15.1. The van der Waals surface area contributed by atoms with Gasteiger partial charge in [0.2, 0.25) is 0 Å². The van der Waals surface area contributed by atoms with Crippen LogP contribution < -0.4 is 10.5 Å². The summed E-state index contributed by atoms with van der Waals surface area (Å²) in [5.74, 6) is 2.98. The first-order chi connectivity index (χ1) is 10.2. The summed E-state index contributed by atoms with van der Waals surface area (Å²) in [6.45, 7) is 2.98. The van der Waals surface area contributed by atoms with Crippen LogP contribution in [0.1, 0.15) is 12.0 Å². The maximum atomic E-state index is 10.1. The van der Waals surface area contributed by atoms with E-state index in [2.05, 4.69) is 4.90 Å². The first-order valence-corrected chi connectivity index (χ1v) is 8.73. The van der Waals surface area contributed by atoms with Crippen molar-refractivity contribution in [2.75, 3.05) is 37.7 Å². The normalized spacial score (nSPS) is 18.0. The summed E-state index contributed by atoms with van der Waals surface area (Å²) < 4.78 is 5.68. The Balaban J connectivity index is 1.83. The molecule has 1 fully saturated rings. The molecule has 1 saturated heterocycles. The predicted octanol–water partition coefficient (Wildman–Crippen LogP) is 1.50. The number of nitrogens with two attached hydrogens (primary N) is 1. The molecule has 6 heteroatoms. The molecule has 116 valence electrons. The molecule has 0 saturated carbocycles. The third kappa shape index (κ3) is 5.47. The van der Waals surface area contributed by atoms with Crippen LogP contribution in [-0.2, 0) is 0 Å². The maximum absolute atomic E-state index is 10.1. The fraction of sp³-hybridized carbons (Fsp3) is 0.533. The molecule has 0 aromatic heterocycles. The Morgan fingerprint density at radius 1 is 1.38 bits per heavy atom. The number of β-amino-alcohol motifs (C(OH)–C–C–N with tert-alkyl or cyclic N) is 1. The highest BCUT2D eigenvalue weighted by Crippen LogP contribution is 2.18. The molecule has 1 atom stereocenters. The van der Waals surface area contributed by atoms with Crippen molar-refractivity contribution in [2.24, 2.45) is 5.73 Å². The minimum absolute atomic E-state index is 0.253. The van der Waals surface area contributed by atoms with Crippen LogP contribution in [0, 0.1) is 0 Å². The molecule has 0 spiro atoms. The standard InChI is InChI=1S/C15H22N2O2S2/c16-15(20)13-4-1-2-5-14(13)19-11-12(18)10-17-6-3-8-21-9-7-17/h1-2,4-5,12,18H,3,6-11H2,(H2,16,20). The molecular weight excluding hydrogens is 304 g/mol. The molecular formula is C15H22N2O2S2. The van der Waals surface area contributed by atoms with Crippen LogP contribution in [0.3, 0.4) is 0 Å². The van der Waals surface area contributed by atoms with Crippen LogP contribution in [0.15, 0.2) is 24.3 Å². The van der Waals surface area contributed by atoms with Gasteiger partial charge in [-0.3, -0.25) is 4.90 Å². The van der Waals surface area contributed by atoms with Gasteiger partial charge in [0.15, 0.2) is 0 Å². The molecule has 21 heavy (non-hydrogen) atoms. The summed E-state index contributed by atoms with van der Waals surface area (Å²) >= 11 is 6.98. The van der Waals surface area contributed by atoms with Crippen molar-refractivity contribution in [2.45, 2.75) is 12.5 Å². The average Bonchev–Trinajstić information content (AvgIpc) is 2.74. The Morgan fingerprint density at radius 2 is 2.19 bits per heavy atom.